The standard InChI is InChI=1S/C34H36Cl2FN3O6/c1-4-33(5-2,31(44)38-16-22(42)17-41)46-28-11-8-19(35)12-24(28)26-15-29(43)40-30(23-14-21(37)9-6-18(23)3)34(26)25-10-7-20(36)13-27(25)39-32(34)45/h6-14,22,26,30,41-42H,4-5,15-17H2,1-3H3,(H,38,44)(H,39,45)(H,40,43)/t22-,26+,30-,34?/m0/s1. The summed E-state index contributed by atoms with van der Waals surface area (Å²) in [7, 11) is 0. The maximum Gasteiger partial charge on any atom is 0.264 e. The fraction of sp³-hybridized carbons (Fsp3) is 0.382. The zero-order valence-corrected chi connectivity index (χ0v) is 27.1. The number of aryl methyl sites for hydroxylation is 1. The summed E-state index contributed by atoms with van der Waals surface area (Å²) in [5.74, 6) is -2.50. The molecule has 0 radical (unpaired) electrons. The minimum atomic E-state index is -1.51. The van der Waals surface area contributed by atoms with Gasteiger partial charge in [0.1, 0.15) is 17.0 Å². The molecule has 46 heavy (non-hydrogen) atoms. The lowest BCUT2D eigenvalue weighted by Gasteiger charge is -2.47. The Morgan fingerprint density at radius 2 is 1.78 bits per heavy atom. The second-order valence-electron chi connectivity index (χ2n) is 11.8. The van der Waals surface area contributed by atoms with Gasteiger partial charge in [0.05, 0.1) is 18.8 Å². The molecule has 1 fully saturated rings. The van der Waals surface area contributed by atoms with Crippen LogP contribution in [0.25, 0.3) is 0 Å². The minimum Gasteiger partial charge on any atom is -0.477 e. The number of aliphatic hydroxyl groups excluding tert-OH is 2. The van der Waals surface area contributed by atoms with Gasteiger partial charge >= 0.3 is 0 Å². The van der Waals surface area contributed by atoms with E-state index >= 15 is 0 Å². The summed E-state index contributed by atoms with van der Waals surface area (Å²) < 4.78 is 21.4. The molecule has 3 aromatic carbocycles. The molecule has 1 saturated heterocycles. The molecule has 0 aliphatic carbocycles. The van der Waals surface area contributed by atoms with Crippen LogP contribution in [-0.4, -0.2) is 52.8 Å². The lowest BCUT2D eigenvalue weighted by Crippen LogP contribution is -2.57. The van der Waals surface area contributed by atoms with Crippen molar-refractivity contribution in [1.82, 2.24) is 10.6 Å². The average molecular weight is 673 g/mol. The maximum atomic E-state index is 14.8. The Balaban J connectivity index is 1.73. The molecule has 0 aromatic heterocycles. The molecule has 9 nitrogen and oxygen atoms in total. The fourth-order valence-corrected chi connectivity index (χ4v) is 7.09. The van der Waals surface area contributed by atoms with Crippen LogP contribution in [0.15, 0.2) is 54.6 Å². The molecular weight excluding hydrogens is 636 g/mol. The number of nitrogens with one attached hydrogen (secondary N) is 3. The normalized spacial score (nSPS) is 21.4. The third-order valence-electron chi connectivity index (χ3n) is 9.22. The van der Waals surface area contributed by atoms with Gasteiger partial charge in [-0.1, -0.05) is 49.2 Å². The lowest BCUT2D eigenvalue weighted by molar-refractivity contribution is -0.138. The molecule has 0 bridgehead atoms. The predicted octanol–water partition coefficient (Wildman–Crippen LogP) is 5.08. The Labute approximate surface area is 276 Å². The molecule has 1 unspecified atom stereocenters. The smallest absolute Gasteiger partial charge is 0.264 e. The largest absolute Gasteiger partial charge is 0.477 e. The van der Waals surface area contributed by atoms with Gasteiger partial charge < -0.3 is 30.9 Å². The molecule has 2 heterocycles. The van der Waals surface area contributed by atoms with E-state index in [4.69, 9.17) is 27.9 Å². The molecule has 4 atom stereocenters. The van der Waals surface area contributed by atoms with E-state index in [-0.39, 0.29) is 37.5 Å². The highest BCUT2D eigenvalue weighted by atomic mass is 35.5. The van der Waals surface area contributed by atoms with E-state index in [1.54, 1.807) is 63.2 Å². The van der Waals surface area contributed by atoms with Crippen molar-refractivity contribution >= 4 is 46.6 Å². The Kier molecular flexibility index (Phi) is 9.65. The number of anilines is 1. The molecule has 244 valence electrons. The molecular formula is C34H36Cl2FN3O6. The van der Waals surface area contributed by atoms with E-state index in [1.807, 2.05) is 0 Å². The summed E-state index contributed by atoms with van der Waals surface area (Å²) in [5, 5.41) is 28.4. The van der Waals surface area contributed by atoms with Crippen LogP contribution in [0.4, 0.5) is 10.1 Å². The first-order valence-electron chi connectivity index (χ1n) is 15.1. The molecule has 2 aliphatic heterocycles. The quantitative estimate of drug-likeness (QED) is 0.204. The number of fused-ring (bicyclic) bond motifs is 2. The van der Waals surface area contributed by atoms with Gasteiger partial charge in [-0.05, 0) is 78.9 Å². The highest BCUT2D eigenvalue weighted by Gasteiger charge is 2.62. The first kappa shape index (κ1) is 33.7. The van der Waals surface area contributed by atoms with Crippen molar-refractivity contribution in [2.75, 3.05) is 18.5 Å². The summed E-state index contributed by atoms with van der Waals surface area (Å²) in [4.78, 5) is 41.6. The summed E-state index contributed by atoms with van der Waals surface area (Å²) in [5.41, 5.74) is -0.400. The first-order valence-corrected chi connectivity index (χ1v) is 15.9. The van der Waals surface area contributed by atoms with Crippen molar-refractivity contribution in [3.8, 4) is 5.75 Å². The number of amides is 3. The first-order chi connectivity index (χ1) is 21.9. The van der Waals surface area contributed by atoms with Crippen LogP contribution in [-0.2, 0) is 19.8 Å². The van der Waals surface area contributed by atoms with Gasteiger partial charge in [-0.3, -0.25) is 14.4 Å². The summed E-state index contributed by atoms with van der Waals surface area (Å²) >= 11 is 12.9. The third-order valence-corrected chi connectivity index (χ3v) is 9.69. The number of aliphatic hydroxyl groups is 2. The van der Waals surface area contributed by atoms with Gasteiger partial charge in [-0.25, -0.2) is 4.39 Å². The van der Waals surface area contributed by atoms with Crippen LogP contribution in [0.3, 0.4) is 0 Å². The van der Waals surface area contributed by atoms with Crippen molar-refractivity contribution in [3.63, 3.8) is 0 Å². The van der Waals surface area contributed by atoms with E-state index in [0.29, 0.717) is 38.0 Å². The van der Waals surface area contributed by atoms with Crippen molar-refractivity contribution in [1.29, 1.82) is 0 Å². The van der Waals surface area contributed by atoms with E-state index in [0.717, 1.165) is 0 Å². The van der Waals surface area contributed by atoms with Crippen LogP contribution >= 0.6 is 23.2 Å². The van der Waals surface area contributed by atoms with Crippen LogP contribution in [0, 0.1) is 12.7 Å². The number of ether oxygens (including phenoxy) is 1. The lowest BCUT2D eigenvalue weighted by atomic mass is 9.59. The van der Waals surface area contributed by atoms with Gasteiger partial charge in [0.2, 0.25) is 11.8 Å². The molecule has 1 spiro atoms. The monoisotopic (exact) mass is 671 g/mol. The van der Waals surface area contributed by atoms with Crippen molar-refractivity contribution < 1.29 is 33.7 Å². The van der Waals surface area contributed by atoms with Gasteiger partial charge in [0.15, 0.2) is 5.60 Å². The number of hydrogen-bond donors (Lipinski definition) is 5. The van der Waals surface area contributed by atoms with Crippen LogP contribution in [0.5, 0.6) is 5.75 Å². The molecule has 5 rings (SSSR count). The van der Waals surface area contributed by atoms with E-state index < -0.39 is 53.3 Å². The minimum absolute atomic E-state index is 0.156. The van der Waals surface area contributed by atoms with E-state index in [1.165, 1.54) is 12.1 Å². The van der Waals surface area contributed by atoms with Crippen LogP contribution < -0.4 is 20.7 Å². The molecule has 12 heteroatoms. The number of hydrogen-bond acceptors (Lipinski definition) is 6. The number of halogens is 3. The Hall–Kier alpha value is -3.70. The Morgan fingerprint density at radius 3 is 2.48 bits per heavy atom. The summed E-state index contributed by atoms with van der Waals surface area (Å²) in [6, 6.07) is 13.1. The second-order valence-corrected chi connectivity index (χ2v) is 12.7. The third kappa shape index (κ3) is 5.83. The molecule has 3 amide bonds. The van der Waals surface area contributed by atoms with Gasteiger partial charge in [-0.2, -0.15) is 0 Å². The van der Waals surface area contributed by atoms with Crippen LogP contribution in [0.2, 0.25) is 10.0 Å². The second kappa shape index (κ2) is 13.2. The molecule has 2 aliphatic rings. The summed E-state index contributed by atoms with van der Waals surface area (Å²) in [6.45, 7) is 4.63. The van der Waals surface area contributed by atoms with Crippen molar-refractivity contribution in [3.05, 3.63) is 92.7 Å². The number of benzene rings is 3. The van der Waals surface area contributed by atoms with Crippen molar-refractivity contribution in [2.24, 2.45) is 0 Å². The van der Waals surface area contributed by atoms with Crippen LogP contribution in [0.1, 0.15) is 67.3 Å². The van der Waals surface area contributed by atoms with E-state index in [2.05, 4.69) is 16.0 Å². The summed E-state index contributed by atoms with van der Waals surface area (Å²) in [6.07, 6.45) is -0.845. The molecule has 3 aromatic rings. The SMILES string of the molecule is CCC(CC)(Oc1ccc(Cl)cc1[C@H]1CC(=O)N[C@@H](c2cc(F)ccc2C)C12C(=O)Nc1cc(Cl)ccc12)C(=O)NC[C@H](O)CO. The maximum absolute atomic E-state index is 14.8. The molecule has 5 N–H and O–H groups in total. The number of piperidine rings is 1. The Morgan fingerprint density at radius 1 is 1.09 bits per heavy atom. The fourth-order valence-electron chi connectivity index (χ4n) is 6.74. The Bertz CT molecular complexity index is 1680. The van der Waals surface area contributed by atoms with Gasteiger partial charge in [0, 0.05) is 40.2 Å². The highest BCUT2D eigenvalue weighted by molar-refractivity contribution is 6.31. The van der Waals surface area contributed by atoms with Gasteiger partial charge in [-0.15, -0.1) is 0 Å². The van der Waals surface area contributed by atoms with Crippen molar-refractivity contribution in [2.45, 2.75) is 69.1 Å². The topological polar surface area (TPSA) is 137 Å². The number of rotatable bonds is 10. The predicted molar refractivity (Wildman–Crippen MR) is 173 cm³/mol. The number of carbonyl (C=O) groups is 3. The highest BCUT2D eigenvalue weighted by Crippen LogP contribution is 2.59. The number of carbonyl (C=O) groups excluding carboxylic acids is 3. The molecule has 0 saturated carbocycles. The average Bonchev–Trinajstić information content (AvgIpc) is 3.31. The van der Waals surface area contributed by atoms with E-state index in [9.17, 15) is 29.0 Å². The van der Waals surface area contributed by atoms with Gasteiger partial charge in [0.25, 0.3) is 5.91 Å². The zero-order valence-electron chi connectivity index (χ0n) is 25.6. The zero-order chi connectivity index (χ0) is 33.4.